The van der Waals surface area contributed by atoms with Gasteiger partial charge in [0.25, 0.3) is 5.69 Å². The van der Waals surface area contributed by atoms with Gasteiger partial charge in [0.2, 0.25) is 10.0 Å². The van der Waals surface area contributed by atoms with E-state index in [1.54, 1.807) is 0 Å². The van der Waals surface area contributed by atoms with Crippen molar-refractivity contribution in [3.05, 3.63) is 40.6 Å². The van der Waals surface area contributed by atoms with E-state index in [0.717, 1.165) is 10.2 Å². The quantitative estimate of drug-likeness (QED) is 0.586. The normalized spacial score (nSPS) is 11.8. The highest BCUT2D eigenvalue weighted by atomic mass is 32.2. The highest BCUT2D eigenvalue weighted by Gasteiger charge is 2.12. The molecule has 0 bridgehead atoms. The van der Waals surface area contributed by atoms with Crippen LogP contribution in [0, 0.1) is 10.1 Å². The second-order valence-corrected chi connectivity index (χ2v) is 5.23. The van der Waals surface area contributed by atoms with Crippen molar-refractivity contribution >= 4 is 26.6 Å². The fourth-order valence-corrected chi connectivity index (χ4v) is 2.31. The smallest absolute Gasteiger partial charge is 0.258 e. The predicted molar refractivity (Wildman–Crippen MR) is 58.8 cm³/mol. The van der Waals surface area contributed by atoms with E-state index in [9.17, 15) is 18.5 Å². The first-order chi connectivity index (χ1) is 7.39. The molecule has 0 unspecified atom stereocenters. The zero-order chi connectivity index (χ0) is 11.9. The SMILES string of the molecule is CS(=O)(=O)n1ccc2cc([N+](=O)[O-])ccc21. The van der Waals surface area contributed by atoms with Crippen LogP contribution in [-0.2, 0) is 10.0 Å². The number of fused-ring (bicyclic) bond motifs is 1. The van der Waals surface area contributed by atoms with Crippen LogP contribution < -0.4 is 0 Å². The average molecular weight is 240 g/mol. The maximum Gasteiger partial charge on any atom is 0.270 e. The van der Waals surface area contributed by atoms with Crippen molar-refractivity contribution < 1.29 is 13.3 Å². The van der Waals surface area contributed by atoms with Gasteiger partial charge >= 0.3 is 0 Å². The Bertz CT molecular complexity index is 672. The van der Waals surface area contributed by atoms with Gasteiger partial charge in [0.1, 0.15) is 0 Å². The van der Waals surface area contributed by atoms with E-state index < -0.39 is 14.9 Å². The summed E-state index contributed by atoms with van der Waals surface area (Å²) in [5, 5.41) is 11.1. The largest absolute Gasteiger partial charge is 0.270 e. The van der Waals surface area contributed by atoms with Gasteiger partial charge in [-0.1, -0.05) is 0 Å². The van der Waals surface area contributed by atoms with E-state index in [4.69, 9.17) is 0 Å². The van der Waals surface area contributed by atoms with E-state index in [1.165, 1.54) is 30.5 Å². The molecule has 1 aromatic carbocycles. The van der Waals surface area contributed by atoms with Gasteiger partial charge in [0.05, 0.1) is 16.7 Å². The molecule has 0 radical (unpaired) electrons. The number of hydrogen-bond donors (Lipinski definition) is 0. The van der Waals surface area contributed by atoms with Gasteiger partial charge in [-0.15, -0.1) is 0 Å². The Labute approximate surface area is 91.3 Å². The van der Waals surface area contributed by atoms with E-state index in [0.29, 0.717) is 10.9 Å². The van der Waals surface area contributed by atoms with Crippen LogP contribution in [0.4, 0.5) is 5.69 Å². The number of rotatable bonds is 2. The van der Waals surface area contributed by atoms with Crippen LogP contribution in [0.25, 0.3) is 10.9 Å². The fourth-order valence-electron chi connectivity index (χ4n) is 1.51. The molecule has 0 saturated heterocycles. The van der Waals surface area contributed by atoms with Crippen molar-refractivity contribution in [2.24, 2.45) is 0 Å². The number of benzene rings is 1. The number of aromatic nitrogens is 1. The molecule has 84 valence electrons. The molecular weight excluding hydrogens is 232 g/mol. The molecule has 0 saturated carbocycles. The van der Waals surface area contributed by atoms with Crippen LogP contribution in [0.15, 0.2) is 30.5 Å². The Hall–Kier alpha value is -1.89. The molecule has 0 amide bonds. The first-order valence-corrected chi connectivity index (χ1v) is 6.20. The lowest BCUT2D eigenvalue weighted by Gasteiger charge is -2.00. The van der Waals surface area contributed by atoms with Crippen molar-refractivity contribution in [1.29, 1.82) is 0 Å². The summed E-state index contributed by atoms with van der Waals surface area (Å²) in [4.78, 5) is 10.0. The number of nitrogens with zero attached hydrogens (tertiary/aromatic N) is 2. The highest BCUT2D eigenvalue weighted by Crippen LogP contribution is 2.22. The van der Waals surface area contributed by atoms with Crippen molar-refractivity contribution in [2.45, 2.75) is 0 Å². The van der Waals surface area contributed by atoms with Gasteiger partial charge in [0.15, 0.2) is 0 Å². The Morgan fingerprint density at radius 2 is 2.00 bits per heavy atom. The van der Waals surface area contributed by atoms with E-state index in [-0.39, 0.29) is 5.69 Å². The van der Waals surface area contributed by atoms with E-state index >= 15 is 0 Å². The third kappa shape index (κ3) is 1.65. The Balaban J connectivity index is 2.73. The molecule has 0 fully saturated rings. The van der Waals surface area contributed by atoms with Crippen LogP contribution in [0.1, 0.15) is 0 Å². The minimum atomic E-state index is -3.37. The van der Waals surface area contributed by atoms with Gasteiger partial charge in [-0.25, -0.2) is 12.4 Å². The van der Waals surface area contributed by atoms with Gasteiger partial charge in [-0.05, 0) is 12.1 Å². The summed E-state index contributed by atoms with van der Waals surface area (Å²) in [7, 11) is -3.37. The Morgan fingerprint density at radius 1 is 1.31 bits per heavy atom. The summed E-state index contributed by atoms with van der Waals surface area (Å²) in [6.45, 7) is 0. The van der Waals surface area contributed by atoms with Crippen molar-refractivity contribution in [1.82, 2.24) is 3.97 Å². The van der Waals surface area contributed by atoms with Crippen LogP contribution >= 0.6 is 0 Å². The summed E-state index contributed by atoms with van der Waals surface area (Å²) in [5.74, 6) is 0. The van der Waals surface area contributed by atoms with Crippen LogP contribution in [0.5, 0.6) is 0 Å². The van der Waals surface area contributed by atoms with Crippen LogP contribution in [0.3, 0.4) is 0 Å². The molecule has 2 aromatic rings. The molecule has 2 rings (SSSR count). The summed E-state index contributed by atoms with van der Waals surface area (Å²) < 4.78 is 23.8. The van der Waals surface area contributed by atoms with Crippen molar-refractivity contribution in [3.63, 3.8) is 0 Å². The monoisotopic (exact) mass is 240 g/mol. The summed E-state index contributed by atoms with van der Waals surface area (Å²) in [6.07, 6.45) is 2.46. The molecule has 0 aliphatic heterocycles. The number of nitro benzene ring substituents is 1. The number of nitro groups is 1. The minimum Gasteiger partial charge on any atom is -0.258 e. The Kier molecular flexibility index (Phi) is 2.20. The third-order valence-corrected chi connectivity index (χ3v) is 3.24. The average Bonchev–Trinajstić information content (AvgIpc) is 2.58. The molecule has 0 aliphatic carbocycles. The summed E-state index contributed by atoms with van der Waals surface area (Å²) in [6, 6.07) is 5.58. The maximum absolute atomic E-state index is 11.4. The van der Waals surface area contributed by atoms with Crippen LogP contribution in [0.2, 0.25) is 0 Å². The molecule has 0 spiro atoms. The van der Waals surface area contributed by atoms with Crippen LogP contribution in [-0.4, -0.2) is 23.6 Å². The van der Waals surface area contributed by atoms with Gasteiger partial charge in [-0.2, -0.15) is 0 Å². The molecule has 0 N–H and O–H groups in total. The molecule has 6 nitrogen and oxygen atoms in total. The lowest BCUT2D eigenvalue weighted by atomic mass is 10.2. The summed E-state index contributed by atoms with van der Waals surface area (Å²) in [5.41, 5.74) is 0.381. The molecule has 7 heteroatoms. The fraction of sp³-hybridized carbons (Fsp3) is 0.111. The zero-order valence-electron chi connectivity index (χ0n) is 8.32. The van der Waals surface area contributed by atoms with Crippen molar-refractivity contribution in [2.75, 3.05) is 6.26 Å². The number of non-ortho nitro benzene ring substituents is 1. The molecule has 0 atom stereocenters. The molecule has 1 heterocycles. The second-order valence-electron chi connectivity index (χ2n) is 3.37. The highest BCUT2D eigenvalue weighted by molar-refractivity contribution is 7.89. The van der Waals surface area contributed by atoms with Gasteiger partial charge < -0.3 is 0 Å². The molecule has 0 aliphatic rings. The first kappa shape index (κ1) is 10.6. The second kappa shape index (κ2) is 3.31. The minimum absolute atomic E-state index is 0.0567. The number of hydrogen-bond acceptors (Lipinski definition) is 4. The lowest BCUT2D eigenvalue weighted by Crippen LogP contribution is -2.07. The van der Waals surface area contributed by atoms with Crippen molar-refractivity contribution in [3.8, 4) is 0 Å². The molecule has 16 heavy (non-hydrogen) atoms. The molecule has 1 aromatic heterocycles. The first-order valence-electron chi connectivity index (χ1n) is 4.35. The third-order valence-electron chi connectivity index (χ3n) is 2.21. The van der Waals surface area contributed by atoms with E-state index in [1.807, 2.05) is 0 Å². The maximum atomic E-state index is 11.4. The van der Waals surface area contributed by atoms with E-state index in [2.05, 4.69) is 0 Å². The predicted octanol–water partition coefficient (Wildman–Crippen LogP) is 1.36. The summed E-state index contributed by atoms with van der Waals surface area (Å²) >= 11 is 0. The topological polar surface area (TPSA) is 82.2 Å². The Morgan fingerprint density at radius 3 is 2.56 bits per heavy atom. The standard InChI is InChI=1S/C9H8N2O4S/c1-16(14,15)10-5-4-7-6-8(11(12)13)2-3-9(7)10/h2-6H,1H3. The zero-order valence-corrected chi connectivity index (χ0v) is 9.14. The van der Waals surface area contributed by atoms with Gasteiger partial charge in [0, 0.05) is 23.7 Å². The molecular formula is C9H8N2O4S. The van der Waals surface area contributed by atoms with Gasteiger partial charge in [-0.3, -0.25) is 10.1 Å². The lowest BCUT2D eigenvalue weighted by molar-refractivity contribution is -0.384.